The van der Waals surface area contributed by atoms with Crippen molar-refractivity contribution in [3.05, 3.63) is 90.1 Å². The number of phenolic OH excluding ortho intramolecular Hbond substituents is 1. The van der Waals surface area contributed by atoms with Crippen molar-refractivity contribution < 1.29 is 22.7 Å². The standard InChI is InChI=1S/C25H21FN2O4S/c1-32-23-12-3-16(13-22(23)29)14-24-27-15-21(17-6-10-20(11-7-17)33(2,30)31)25(28-24)18-4-8-19(26)9-5-18/h3-13,15,29H,14H2,1-2H3. The summed E-state index contributed by atoms with van der Waals surface area (Å²) in [6, 6.07) is 17.5. The summed E-state index contributed by atoms with van der Waals surface area (Å²) in [5.41, 5.74) is 3.49. The molecule has 0 spiro atoms. The van der Waals surface area contributed by atoms with Crippen LogP contribution >= 0.6 is 0 Å². The minimum absolute atomic E-state index is 0.0244. The zero-order chi connectivity index (χ0) is 23.6. The van der Waals surface area contributed by atoms with E-state index in [0.29, 0.717) is 34.8 Å². The van der Waals surface area contributed by atoms with Crippen LogP contribution < -0.4 is 4.74 Å². The number of rotatable bonds is 6. The number of phenols is 1. The molecule has 0 bridgehead atoms. The van der Waals surface area contributed by atoms with Crippen LogP contribution in [-0.2, 0) is 16.3 Å². The number of sulfone groups is 1. The zero-order valence-electron chi connectivity index (χ0n) is 18.0. The maximum absolute atomic E-state index is 13.5. The summed E-state index contributed by atoms with van der Waals surface area (Å²) in [6.45, 7) is 0. The molecule has 0 aliphatic rings. The minimum atomic E-state index is -3.32. The first kappa shape index (κ1) is 22.4. The van der Waals surface area contributed by atoms with Crippen LogP contribution in [0.1, 0.15) is 11.4 Å². The van der Waals surface area contributed by atoms with Gasteiger partial charge in [0.2, 0.25) is 0 Å². The molecule has 168 valence electrons. The summed E-state index contributed by atoms with van der Waals surface area (Å²) >= 11 is 0. The third-order valence-electron chi connectivity index (χ3n) is 5.16. The normalized spacial score (nSPS) is 11.4. The fourth-order valence-corrected chi connectivity index (χ4v) is 4.08. The van der Waals surface area contributed by atoms with E-state index in [-0.39, 0.29) is 16.5 Å². The summed E-state index contributed by atoms with van der Waals surface area (Å²) in [5, 5.41) is 10.1. The van der Waals surface area contributed by atoms with Gasteiger partial charge in [-0.25, -0.2) is 22.8 Å². The Morgan fingerprint density at radius 2 is 1.64 bits per heavy atom. The molecule has 0 saturated heterocycles. The van der Waals surface area contributed by atoms with Gasteiger partial charge in [-0.2, -0.15) is 0 Å². The van der Waals surface area contributed by atoms with E-state index in [9.17, 15) is 17.9 Å². The maximum Gasteiger partial charge on any atom is 0.175 e. The Hall–Kier alpha value is -3.78. The van der Waals surface area contributed by atoms with E-state index < -0.39 is 9.84 Å². The Kier molecular flexibility index (Phi) is 6.11. The molecule has 0 aliphatic heterocycles. The summed E-state index contributed by atoms with van der Waals surface area (Å²) in [6.07, 6.45) is 3.18. The number of aromatic nitrogens is 2. The molecule has 0 aliphatic carbocycles. The van der Waals surface area contributed by atoms with Gasteiger partial charge in [-0.3, -0.25) is 0 Å². The average Bonchev–Trinajstić information content (AvgIpc) is 2.79. The molecule has 3 aromatic carbocycles. The number of ether oxygens (including phenoxy) is 1. The molecule has 0 radical (unpaired) electrons. The van der Waals surface area contributed by atoms with Crippen LogP contribution in [0.3, 0.4) is 0 Å². The van der Waals surface area contributed by atoms with Gasteiger partial charge >= 0.3 is 0 Å². The predicted octanol–water partition coefficient (Wildman–Crippen LogP) is 4.66. The highest BCUT2D eigenvalue weighted by Crippen LogP contribution is 2.32. The Morgan fingerprint density at radius 1 is 0.970 bits per heavy atom. The van der Waals surface area contributed by atoms with E-state index in [1.807, 2.05) is 6.07 Å². The molecule has 1 aromatic heterocycles. The lowest BCUT2D eigenvalue weighted by molar-refractivity contribution is 0.373. The Morgan fingerprint density at radius 3 is 2.24 bits per heavy atom. The first-order chi connectivity index (χ1) is 15.7. The molecule has 33 heavy (non-hydrogen) atoms. The number of benzene rings is 3. The summed E-state index contributed by atoms with van der Waals surface area (Å²) in [4.78, 5) is 9.42. The van der Waals surface area contributed by atoms with Crippen LogP contribution in [0, 0.1) is 5.82 Å². The summed E-state index contributed by atoms with van der Waals surface area (Å²) in [5.74, 6) is 0.548. The predicted molar refractivity (Wildman–Crippen MR) is 123 cm³/mol. The average molecular weight is 465 g/mol. The molecule has 0 fully saturated rings. The molecule has 0 atom stereocenters. The molecule has 1 heterocycles. The van der Waals surface area contributed by atoms with Crippen LogP contribution in [0.2, 0.25) is 0 Å². The van der Waals surface area contributed by atoms with E-state index in [1.165, 1.54) is 31.4 Å². The maximum atomic E-state index is 13.5. The molecule has 0 saturated carbocycles. The van der Waals surface area contributed by atoms with Crippen LogP contribution in [0.15, 0.2) is 77.8 Å². The number of aromatic hydroxyl groups is 1. The molecule has 0 amide bonds. The van der Waals surface area contributed by atoms with Gasteiger partial charge in [0.15, 0.2) is 21.3 Å². The topological polar surface area (TPSA) is 89.4 Å². The highest BCUT2D eigenvalue weighted by Gasteiger charge is 2.14. The molecule has 6 nitrogen and oxygen atoms in total. The smallest absolute Gasteiger partial charge is 0.175 e. The van der Waals surface area contributed by atoms with E-state index in [0.717, 1.165) is 17.4 Å². The lowest BCUT2D eigenvalue weighted by atomic mass is 10.0. The summed E-state index contributed by atoms with van der Waals surface area (Å²) in [7, 11) is -1.84. The number of hydrogen-bond donors (Lipinski definition) is 1. The second-order valence-electron chi connectivity index (χ2n) is 7.53. The second kappa shape index (κ2) is 8.99. The van der Waals surface area contributed by atoms with Gasteiger partial charge in [0.05, 0.1) is 17.7 Å². The second-order valence-corrected chi connectivity index (χ2v) is 9.55. The van der Waals surface area contributed by atoms with Crippen LogP contribution in [0.4, 0.5) is 4.39 Å². The van der Waals surface area contributed by atoms with Crippen molar-refractivity contribution >= 4 is 9.84 Å². The number of hydrogen-bond acceptors (Lipinski definition) is 6. The quantitative estimate of drug-likeness (QED) is 0.447. The highest BCUT2D eigenvalue weighted by molar-refractivity contribution is 7.90. The lowest BCUT2D eigenvalue weighted by Gasteiger charge is -2.12. The van der Waals surface area contributed by atoms with Crippen molar-refractivity contribution in [2.75, 3.05) is 13.4 Å². The molecule has 0 unspecified atom stereocenters. The third kappa shape index (κ3) is 5.01. The van der Waals surface area contributed by atoms with E-state index >= 15 is 0 Å². The van der Waals surface area contributed by atoms with Crippen molar-refractivity contribution in [1.82, 2.24) is 9.97 Å². The minimum Gasteiger partial charge on any atom is -0.504 e. The molecule has 4 aromatic rings. The van der Waals surface area contributed by atoms with Crippen molar-refractivity contribution in [2.45, 2.75) is 11.3 Å². The van der Waals surface area contributed by atoms with Gasteiger partial charge in [-0.1, -0.05) is 18.2 Å². The largest absolute Gasteiger partial charge is 0.504 e. The van der Waals surface area contributed by atoms with E-state index in [4.69, 9.17) is 9.72 Å². The lowest BCUT2D eigenvalue weighted by Crippen LogP contribution is -2.01. The molecule has 8 heteroatoms. The van der Waals surface area contributed by atoms with Gasteiger partial charge < -0.3 is 9.84 Å². The van der Waals surface area contributed by atoms with Crippen molar-refractivity contribution in [2.24, 2.45) is 0 Å². The van der Waals surface area contributed by atoms with Gasteiger partial charge in [0.25, 0.3) is 0 Å². The SMILES string of the molecule is COc1ccc(Cc2ncc(-c3ccc(S(C)(=O)=O)cc3)c(-c3ccc(F)cc3)n2)cc1O. The van der Waals surface area contributed by atoms with Gasteiger partial charge in [0.1, 0.15) is 11.6 Å². The fraction of sp³-hybridized carbons (Fsp3) is 0.120. The first-order valence-electron chi connectivity index (χ1n) is 10.0. The van der Waals surface area contributed by atoms with Crippen LogP contribution in [-0.4, -0.2) is 36.9 Å². The van der Waals surface area contributed by atoms with Crippen molar-refractivity contribution in [3.63, 3.8) is 0 Å². The Labute approximate surface area is 191 Å². The Bertz CT molecular complexity index is 1400. The van der Waals surface area contributed by atoms with Gasteiger partial charge in [-0.15, -0.1) is 0 Å². The van der Waals surface area contributed by atoms with Crippen LogP contribution in [0.5, 0.6) is 11.5 Å². The number of nitrogens with zero attached hydrogens (tertiary/aromatic N) is 2. The van der Waals surface area contributed by atoms with Crippen molar-refractivity contribution in [1.29, 1.82) is 0 Å². The third-order valence-corrected chi connectivity index (χ3v) is 6.28. The molecule has 4 rings (SSSR count). The highest BCUT2D eigenvalue weighted by atomic mass is 32.2. The number of methoxy groups -OCH3 is 1. The number of halogens is 1. The molecular formula is C25H21FN2O4S. The van der Waals surface area contributed by atoms with Crippen LogP contribution in [0.25, 0.3) is 22.4 Å². The fourth-order valence-electron chi connectivity index (χ4n) is 3.45. The van der Waals surface area contributed by atoms with Gasteiger partial charge in [0, 0.05) is 30.0 Å². The molecular weight excluding hydrogens is 443 g/mol. The van der Waals surface area contributed by atoms with Crippen molar-refractivity contribution in [3.8, 4) is 33.9 Å². The summed E-state index contributed by atoms with van der Waals surface area (Å²) < 4.78 is 42.2. The monoisotopic (exact) mass is 464 g/mol. The Balaban J connectivity index is 1.77. The first-order valence-corrected chi connectivity index (χ1v) is 11.9. The zero-order valence-corrected chi connectivity index (χ0v) is 18.8. The van der Waals surface area contributed by atoms with E-state index in [1.54, 1.807) is 42.6 Å². The van der Waals surface area contributed by atoms with E-state index in [2.05, 4.69) is 4.98 Å². The molecule has 1 N–H and O–H groups in total. The van der Waals surface area contributed by atoms with Gasteiger partial charge in [-0.05, 0) is 59.7 Å².